The van der Waals surface area contributed by atoms with Crippen LogP contribution < -0.4 is 5.32 Å². The van der Waals surface area contributed by atoms with Gasteiger partial charge in [-0.3, -0.25) is 4.79 Å². The van der Waals surface area contributed by atoms with Crippen molar-refractivity contribution in [1.29, 1.82) is 0 Å². The number of rotatable bonds is 5. The molecule has 0 aliphatic heterocycles. The molecule has 0 heterocycles. The molecule has 4 nitrogen and oxygen atoms in total. The van der Waals surface area contributed by atoms with Gasteiger partial charge < -0.3 is 15.2 Å². The molecule has 0 radical (unpaired) electrons. The van der Waals surface area contributed by atoms with Crippen LogP contribution in [0.1, 0.15) is 13.3 Å². The minimum absolute atomic E-state index is 0.0309. The summed E-state index contributed by atoms with van der Waals surface area (Å²) in [6, 6.07) is -0.720. The van der Waals surface area contributed by atoms with E-state index in [1.807, 2.05) is 0 Å². The minimum atomic E-state index is -0.978. The Labute approximate surface area is 59.2 Å². The number of hydrogen-bond acceptors (Lipinski definition) is 3. The summed E-state index contributed by atoms with van der Waals surface area (Å²) < 4.78 is 0. The van der Waals surface area contributed by atoms with Crippen molar-refractivity contribution >= 4 is 12.3 Å². The van der Waals surface area contributed by atoms with Crippen molar-refractivity contribution in [3.05, 3.63) is 0 Å². The summed E-state index contributed by atoms with van der Waals surface area (Å²) in [6.45, 7) is 2.35. The van der Waals surface area contributed by atoms with Crippen LogP contribution in [-0.4, -0.2) is 29.9 Å². The van der Waals surface area contributed by atoms with Gasteiger partial charge in [0.05, 0.1) is 0 Å². The maximum absolute atomic E-state index is 10.3. The van der Waals surface area contributed by atoms with Gasteiger partial charge in [-0.05, 0) is 6.54 Å². The van der Waals surface area contributed by atoms with Gasteiger partial charge in [0.25, 0.3) is 0 Å². The highest BCUT2D eigenvalue weighted by Gasteiger charge is 2.13. The molecule has 0 aromatic carbocycles. The number of likely N-dealkylation sites (N-methyl/N-ethyl adjacent to an activating group) is 1. The summed E-state index contributed by atoms with van der Waals surface area (Å²) in [5.41, 5.74) is 0. The highest BCUT2D eigenvalue weighted by Crippen LogP contribution is 1.87. The quantitative estimate of drug-likeness (QED) is 0.518. The lowest BCUT2D eigenvalue weighted by Gasteiger charge is -2.07. The Bertz CT molecular complexity index is 124. The third kappa shape index (κ3) is 3.19. The second-order valence-corrected chi connectivity index (χ2v) is 1.85. The van der Waals surface area contributed by atoms with E-state index in [0.29, 0.717) is 12.8 Å². The summed E-state index contributed by atoms with van der Waals surface area (Å²) in [4.78, 5) is 20.1. The fourth-order valence-corrected chi connectivity index (χ4v) is 0.614. The van der Waals surface area contributed by atoms with Crippen LogP contribution in [0, 0.1) is 0 Å². The normalized spacial score (nSPS) is 12.5. The van der Waals surface area contributed by atoms with Crippen LogP contribution in [0.2, 0.25) is 0 Å². The lowest BCUT2D eigenvalue weighted by molar-refractivity contribution is -0.140. The van der Waals surface area contributed by atoms with E-state index in [1.54, 1.807) is 6.92 Å². The van der Waals surface area contributed by atoms with Gasteiger partial charge in [-0.1, -0.05) is 6.92 Å². The molecule has 0 aromatic rings. The molecular weight excluding hydrogens is 134 g/mol. The highest BCUT2D eigenvalue weighted by atomic mass is 16.4. The van der Waals surface area contributed by atoms with Crippen molar-refractivity contribution < 1.29 is 14.7 Å². The number of nitrogens with one attached hydrogen (secondary N) is 1. The third-order valence-electron chi connectivity index (χ3n) is 1.08. The Morgan fingerprint density at radius 3 is 2.70 bits per heavy atom. The van der Waals surface area contributed by atoms with Crippen LogP contribution >= 0.6 is 0 Å². The van der Waals surface area contributed by atoms with Gasteiger partial charge >= 0.3 is 5.97 Å². The summed E-state index contributed by atoms with van der Waals surface area (Å²) in [5.74, 6) is -0.978. The first-order valence-electron chi connectivity index (χ1n) is 3.12. The lowest BCUT2D eigenvalue weighted by Crippen LogP contribution is -2.36. The zero-order chi connectivity index (χ0) is 7.98. The van der Waals surface area contributed by atoms with Gasteiger partial charge in [0, 0.05) is 6.42 Å². The molecule has 2 N–H and O–H groups in total. The summed E-state index contributed by atoms with van der Waals surface area (Å²) in [7, 11) is 0. The number of carboxylic acid groups (broad SMARTS) is 1. The zero-order valence-corrected chi connectivity index (χ0v) is 5.83. The number of carboxylic acids is 1. The van der Waals surface area contributed by atoms with E-state index in [2.05, 4.69) is 5.32 Å². The van der Waals surface area contributed by atoms with Crippen LogP contribution in [0.25, 0.3) is 0 Å². The number of aldehydes is 1. The zero-order valence-electron chi connectivity index (χ0n) is 5.83. The Hall–Kier alpha value is -0.900. The van der Waals surface area contributed by atoms with E-state index in [-0.39, 0.29) is 6.42 Å². The summed E-state index contributed by atoms with van der Waals surface area (Å²) >= 11 is 0. The number of hydrogen-bond donors (Lipinski definition) is 2. The van der Waals surface area contributed by atoms with Crippen LogP contribution in [0.15, 0.2) is 0 Å². The average molecular weight is 145 g/mol. The fraction of sp³-hybridized carbons (Fsp3) is 0.667. The molecule has 0 bridgehead atoms. The van der Waals surface area contributed by atoms with Gasteiger partial charge in [-0.15, -0.1) is 0 Å². The first kappa shape index (κ1) is 9.10. The average Bonchev–Trinajstić information content (AvgIpc) is 1.87. The van der Waals surface area contributed by atoms with Crippen molar-refractivity contribution in [1.82, 2.24) is 5.32 Å². The predicted molar refractivity (Wildman–Crippen MR) is 35.8 cm³/mol. The molecule has 0 aliphatic carbocycles. The monoisotopic (exact) mass is 145 g/mol. The largest absolute Gasteiger partial charge is 0.480 e. The molecule has 0 fully saturated rings. The second-order valence-electron chi connectivity index (χ2n) is 1.85. The van der Waals surface area contributed by atoms with Crippen LogP contribution in [0.4, 0.5) is 0 Å². The van der Waals surface area contributed by atoms with Gasteiger partial charge in [0.1, 0.15) is 12.3 Å². The topological polar surface area (TPSA) is 66.4 Å². The molecule has 58 valence electrons. The number of aliphatic carboxylic acids is 1. The lowest BCUT2D eigenvalue weighted by atomic mass is 10.2. The van der Waals surface area contributed by atoms with E-state index in [4.69, 9.17) is 5.11 Å². The molecule has 0 saturated carbocycles. The Morgan fingerprint density at radius 1 is 1.80 bits per heavy atom. The molecule has 4 heteroatoms. The standard InChI is InChI=1S/C6H11NO3/c1-2-7-5(3-4-8)6(9)10/h4-5,7H,2-3H2,1H3,(H,9,10). The number of carbonyl (C=O) groups excluding carboxylic acids is 1. The van der Waals surface area contributed by atoms with Gasteiger partial charge in [-0.25, -0.2) is 0 Å². The first-order chi connectivity index (χ1) is 4.72. The van der Waals surface area contributed by atoms with Crippen molar-refractivity contribution in [2.24, 2.45) is 0 Å². The van der Waals surface area contributed by atoms with E-state index in [0.717, 1.165) is 0 Å². The second kappa shape index (κ2) is 4.93. The molecule has 0 rings (SSSR count). The van der Waals surface area contributed by atoms with Gasteiger partial charge in [0.15, 0.2) is 0 Å². The van der Waals surface area contributed by atoms with Crippen LogP contribution in [0.3, 0.4) is 0 Å². The van der Waals surface area contributed by atoms with Crippen molar-refractivity contribution in [3.8, 4) is 0 Å². The van der Waals surface area contributed by atoms with E-state index >= 15 is 0 Å². The Balaban J connectivity index is 3.71. The van der Waals surface area contributed by atoms with Gasteiger partial charge in [-0.2, -0.15) is 0 Å². The number of carbonyl (C=O) groups is 2. The third-order valence-corrected chi connectivity index (χ3v) is 1.08. The van der Waals surface area contributed by atoms with Crippen molar-refractivity contribution in [2.75, 3.05) is 6.54 Å². The van der Waals surface area contributed by atoms with Gasteiger partial charge in [0.2, 0.25) is 0 Å². The van der Waals surface area contributed by atoms with E-state index in [1.165, 1.54) is 0 Å². The summed E-state index contributed by atoms with van der Waals surface area (Å²) in [6.07, 6.45) is 0.630. The minimum Gasteiger partial charge on any atom is -0.480 e. The highest BCUT2D eigenvalue weighted by molar-refractivity contribution is 5.76. The fourth-order valence-electron chi connectivity index (χ4n) is 0.614. The Kier molecular flexibility index (Phi) is 4.49. The Morgan fingerprint density at radius 2 is 2.40 bits per heavy atom. The van der Waals surface area contributed by atoms with Crippen molar-refractivity contribution in [2.45, 2.75) is 19.4 Å². The SMILES string of the molecule is CCNC(CC=O)C(=O)O. The molecule has 1 atom stereocenters. The van der Waals surface area contributed by atoms with Crippen LogP contribution in [-0.2, 0) is 9.59 Å². The molecule has 10 heavy (non-hydrogen) atoms. The smallest absolute Gasteiger partial charge is 0.321 e. The molecule has 0 amide bonds. The van der Waals surface area contributed by atoms with E-state index < -0.39 is 12.0 Å². The maximum atomic E-state index is 10.3. The van der Waals surface area contributed by atoms with Crippen LogP contribution in [0.5, 0.6) is 0 Å². The molecule has 0 spiro atoms. The molecule has 0 aliphatic rings. The predicted octanol–water partition coefficient (Wildman–Crippen LogP) is -0.362. The first-order valence-corrected chi connectivity index (χ1v) is 3.12. The molecule has 0 aromatic heterocycles. The van der Waals surface area contributed by atoms with Crippen molar-refractivity contribution in [3.63, 3.8) is 0 Å². The molecule has 1 unspecified atom stereocenters. The molecular formula is C6H11NO3. The summed E-state index contributed by atoms with van der Waals surface area (Å²) in [5, 5.41) is 11.1. The van der Waals surface area contributed by atoms with E-state index in [9.17, 15) is 9.59 Å². The maximum Gasteiger partial charge on any atom is 0.321 e. The molecule has 0 saturated heterocycles.